The molecule has 4 heteroatoms. The van der Waals surface area contributed by atoms with E-state index in [1.165, 1.54) is 75.9 Å². The number of aromatic nitrogens is 4. The van der Waals surface area contributed by atoms with E-state index in [2.05, 4.69) is 215 Å². The van der Waals surface area contributed by atoms with Crippen LogP contribution in [0.5, 0.6) is 0 Å². The van der Waals surface area contributed by atoms with Gasteiger partial charge in [0, 0.05) is 44.0 Å². The molecule has 3 aromatic heterocycles. The zero-order chi connectivity index (χ0) is 41.9. The van der Waals surface area contributed by atoms with E-state index >= 15 is 0 Å². The maximum Gasteiger partial charge on any atom is 0.0979 e. The van der Waals surface area contributed by atoms with E-state index in [1.807, 2.05) is 12.1 Å². The molecule has 0 fully saturated rings. The summed E-state index contributed by atoms with van der Waals surface area (Å²) in [6.45, 7) is 0. The Balaban J connectivity index is 0.948. The van der Waals surface area contributed by atoms with Gasteiger partial charge in [-0.05, 0) is 122 Å². The van der Waals surface area contributed by atoms with Crippen molar-refractivity contribution < 1.29 is 0 Å². The predicted molar refractivity (Wildman–Crippen MR) is 269 cm³/mol. The molecule has 14 aromatic rings. The Bertz CT molecular complexity index is 4210. The number of hydrogen-bond acceptors (Lipinski definition) is 2. The molecule has 14 rings (SSSR count). The molecule has 0 aliphatic rings. The first-order chi connectivity index (χ1) is 31.7. The zero-order valence-corrected chi connectivity index (χ0v) is 34.6. The summed E-state index contributed by atoms with van der Waals surface area (Å²) in [5, 5.41) is 14.5. The molecule has 0 unspecified atom stereocenters. The van der Waals surface area contributed by atoms with Crippen LogP contribution < -0.4 is 0 Å². The average Bonchev–Trinajstić information content (AvgIpc) is 3.87. The van der Waals surface area contributed by atoms with E-state index < -0.39 is 0 Å². The smallest absolute Gasteiger partial charge is 0.0979 e. The number of para-hydroxylation sites is 5. The third-order valence-corrected chi connectivity index (χ3v) is 13.4. The highest BCUT2D eigenvalue weighted by Crippen LogP contribution is 2.41. The van der Waals surface area contributed by atoms with Gasteiger partial charge in [0.05, 0.1) is 44.5 Å². The van der Waals surface area contributed by atoms with Gasteiger partial charge in [-0.2, -0.15) is 0 Å². The van der Waals surface area contributed by atoms with E-state index in [0.717, 1.165) is 55.7 Å². The predicted octanol–water partition coefficient (Wildman–Crippen LogP) is 15.8. The summed E-state index contributed by atoms with van der Waals surface area (Å²) >= 11 is 0. The van der Waals surface area contributed by atoms with Crippen LogP contribution in [0.2, 0.25) is 0 Å². The van der Waals surface area contributed by atoms with Gasteiger partial charge in [-0.15, -0.1) is 0 Å². The van der Waals surface area contributed by atoms with Crippen molar-refractivity contribution in [1.29, 1.82) is 0 Å². The Morgan fingerprint density at radius 1 is 0.266 bits per heavy atom. The highest BCUT2D eigenvalue weighted by atomic mass is 15.0. The highest BCUT2D eigenvalue weighted by molar-refractivity contribution is 6.16. The summed E-state index contributed by atoms with van der Waals surface area (Å²) < 4.78 is 4.83. The fourth-order valence-electron chi connectivity index (χ4n) is 10.5. The number of rotatable bonds is 4. The van der Waals surface area contributed by atoms with E-state index in [-0.39, 0.29) is 0 Å². The molecule has 0 atom stereocenters. The summed E-state index contributed by atoms with van der Waals surface area (Å²) in [6.07, 6.45) is 0. The number of nitrogens with zero attached hydrogens (tertiary/aromatic N) is 4. The van der Waals surface area contributed by atoms with Gasteiger partial charge in [0.1, 0.15) is 0 Å². The molecule has 64 heavy (non-hydrogen) atoms. The van der Waals surface area contributed by atoms with E-state index in [4.69, 9.17) is 9.97 Å². The molecule has 0 saturated heterocycles. The molecular weight excluding hydrogens is 777 g/mol. The summed E-state index contributed by atoms with van der Waals surface area (Å²) in [5.74, 6) is 0. The molecule has 0 radical (unpaired) electrons. The molecule has 0 amide bonds. The lowest BCUT2D eigenvalue weighted by molar-refractivity contribution is 1.18. The van der Waals surface area contributed by atoms with Gasteiger partial charge < -0.3 is 9.13 Å². The normalized spacial score (nSPS) is 12.1. The molecule has 4 nitrogen and oxygen atoms in total. The van der Waals surface area contributed by atoms with E-state index in [9.17, 15) is 0 Å². The van der Waals surface area contributed by atoms with Crippen LogP contribution in [-0.2, 0) is 0 Å². The minimum absolute atomic E-state index is 0.870. The van der Waals surface area contributed by atoms with E-state index in [1.54, 1.807) is 0 Å². The lowest BCUT2D eigenvalue weighted by Gasteiger charge is -2.15. The summed E-state index contributed by atoms with van der Waals surface area (Å²) in [4.78, 5) is 10.8. The number of fused-ring (bicyclic) bond motifs is 12. The highest BCUT2D eigenvalue weighted by Gasteiger charge is 2.20. The monoisotopic (exact) mass is 812 g/mol. The van der Waals surface area contributed by atoms with Crippen molar-refractivity contribution in [1.82, 2.24) is 19.1 Å². The molecule has 11 aromatic carbocycles. The Kier molecular flexibility index (Phi) is 7.36. The van der Waals surface area contributed by atoms with Gasteiger partial charge >= 0.3 is 0 Å². The first-order valence-electron chi connectivity index (χ1n) is 21.9. The Hall–Kier alpha value is -8.60. The van der Waals surface area contributed by atoms with Crippen molar-refractivity contribution in [2.45, 2.75) is 0 Å². The lowest BCUT2D eigenvalue weighted by Crippen LogP contribution is -1.97. The molecule has 0 spiro atoms. The van der Waals surface area contributed by atoms with Crippen molar-refractivity contribution in [3.63, 3.8) is 0 Å². The van der Waals surface area contributed by atoms with Crippen LogP contribution >= 0.6 is 0 Å². The first-order valence-corrected chi connectivity index (χ1v) is 21.9. The van der Waals surface area contributed by atoms with Gasteiger partial charge in [-0.25, -0.2) is 9.97 Å². The molecular formula is C60H36N4. The molecule has 0 aliphatic heterocycles. The van der Waals surface area contributed by atoms with Gasteiger partial charge in [0.2, 0.25) is 0 Å². The fourth-order valence-corrected chi connectivity index (χ4v) is 10.5. The SMILES string of the molecule is c1ccc2c(c1)cc(-c1nc3ccccc3nc1-c1ccc3ccc(-n4c5ccccc5c5cc6cc(-n7c8ccccc8c8ccccc87)ccc6cc54)cc3c1)c1ccccc12. The lowest BCUT2D eigenvalue weighted by atomic mass is 9.93. The van der Waals surface area contributed by atoms with Crippen molar-refractivity contribution in [2.75, 3.05) is 0 Å². The van der Waals surface area contributed by atoms with Crippen molar-refractivity contribution in [2.24, 2.45) is 0 Å². The summed E-state index contributed by atoms with van der Waals surface area (Å²) in [7, 11) is 0. The molecule has 296 valence electrons. The van der Waals surface area contributed by atoms with Crippen molar-refractivity contribution in [3.05, 3.63) is 218 Å². The molecule has 0 bridgehead atoms. The second kappa shape index (κ2) is 13.4. The average molecular weight is 813 g/mol. The largest absolute Gasteiger partial charge is 0.309 e. The molecule has 3 heterocycles. The minimum Gasteiger partial charge on any atom is -0.309 e. The van der Waals surface area contributed by atoms with Crippen LogP contribution in [-0.4, -0.2) is 19.1 Å². The van der Waals surface area contributed by atoms with Crippen LogP contribution in [0, 0.1) is 0 Å². The van der Waals surface area contributed by atoms with Crippen LogP contribution in [0.4, 0.5) is 0 Å². The second-order valence-electron chi connectivity index (χ2n) is 17.0. The molecule has 0 saturated carbocycles. The fraction of sp³-hybridized carbons (Fsp3) is 0. The third-order valence-electron chi connectivity index (χ3n) is 13.4. The summed E-state index contributed by atoms with van der Waals surface area (Å²) in [6, 6.07) is 79.2. The van der Waals surface area contributed by atoms with Gasteiger partial charge in [-0.1, -0.05) is 140 Å². The van der Waals surface area contributed by atoms with Gasteiger partial charge in [0.15, 0.2) is 0 Å². The van der Waals surface area contributed by atoms with Gasteiger partial charge in [-0.3, -0.25) is 0 Å². The van der Waals surface area contributed by atoms with Crippen LogP contribution in [0.3, 0.4) is 0 Å². The van der Waals surface area contributed by atoms with Crippen molar-refractivity contribution in [3.8, 4) is 33.9 Å². The van der Waals surface area contributed by atoms with Crippen LogP contribution in [0.1, 0.15) is 0 Å². The summed E-state index contributed by atoms with van der Waals surface area (Å²) in [5.41, 5.74) is 12.7. The molecule has 0 aliphatic carbocycles. The maximum absolute atomic E-state index is 5.39. The van der Waals surface area contributed by atoms with E-state index in [0.29, 0.717) is 0 Å². The topological polar surface area (TPSA) is 35.6 Å². The second-order valence-corrected chi connectivity index (χ2v) is 17.0. The Morgan fingerprint density at radius 2 is 0.766 bits per heavy atom. The Morgan fingerprint density at radius 3 is 1.45 bits per heavy atom. The minimum atomic E-state index is 0.870. The zero-order valence-electron chi connectivity index (χ0n) is 34.6. The number of benzene rings is 11. The number of hydrogen-bond donors (Lipinski definition) is 0. The van der Waals surface area contributed by atoms with Gasteiger partial charge in [0.25, 0.3) is 0 Å². The standard InChI is InChI=1S/C60H36N4/c1-2-14-45-39(13-1)34-52(47-16-4-3-15-46(45)47)60-59(61-53-20-8-9-21-54(53)62-60)40-26-25-37-27-29-44(32-41(37)31-40)64-57-24-12-7-19-50(57)51-35-42-33-43(30-28-38(42)36-58(51)64)63-55-22-10-5-17-48(55)49-18-6-11-23-56(49)63/h1-36H. The third kappa shape index (κ3) is 5.17. The van der Waals surface area contributed by atoms with Crippen molar-refractivity contribution >= 4 is 97.7 Å². The Labute approximate surface area is 367 Å². The maximum atomic E-state index is 5.39. The van der Waals surface area contributed by atoms with Crippen LogP contribution in [0.15, 0.2) is 218 Å². The first kappa shape index (κ1) is 35.0. The quantitative estimate of drug-likeness (QED) is 0.166. The van der Waals surface area contributed by atoms with Crippen LogP contribution in [0.25, 0.3) is 132 Å². The molecule has 0 N–H and O–H groups in total.